The number of Topliss-reactive ketones (excluding diaryl/α,β-unsaturated/α-hetero) is 1. The summed E-state index contributed by atoms with van der Waals surface area (Å²) in [5.41, 5.74) is 1.49. The quantitative estimate of drug-likeness (QED) is 0.419. The van der Waals surface area contributed by atoms with E-state index in [1.807, 2.05) is 12.1 Å². The zero-order valence-electron chi connectivity index (χ0n) is 14.7. The number of anilines is 1. The lowest BCUT2D eigenvalue weighted by molar-refractivity contribution is -0.132. The van der Waals surface area contributed by atoms with Crippen LogP contribution in [0.15, 0.2) is 90.5 Å². The van der Waals surface area contributed by atoms with E-state index in [0.717, 1.165) is 0 Å². The van der Waals surface area contributed by atoms with Gasteiger partial charge in [0.2, 0.25) is 0 Å². The predicted octanol–water partition coefficient (Wildman–Crippen LogP) is 4.45. The van der Waals surface area contributed by atoms with Crippen molar-refractivity contribution in [3.8, 4) is 0 Å². The van der Waals surface area contributed by atoms with E-state index in [9.17, 15) is 19.1 Å². The average molecular weight is 373 g/mol. The molecule has 138 valence electrons. The van der Waals surface area contributed by atoms with E-state index in [2.05, 4.69) is 0 Å². The smallest absolute Gasteiger partial charge is 0.300 e. The molecule has 0 aromatic heterocycles. The van der Waals surface area contributed by atoms with Gasteiger partial charge in [-0.15, -0.1) is 0 Å². The highest BCUT2D eigenvalue weighted by Gasteiger charge is 2.46. The highest BCUT2D eigenvalue weighted by molar-refractivity contribution is 6.51. The Labute approximate surface area is 161 Å². The molecular formula is C23H16FNO3. The maximum absolute atomic E-state index is 13.3. The van der Waals surface area contributed by atoms with E-state index in [1.165, 1.54) is 29.2 Å². The minimum absolute atomic E-state index is 0.0216. The maximum Gasteiger partial charge on any atom is 0.300 e. The van der Waals surface area contributed by atoms with Crippen molar-refractivity contribution in [2.24, 2.45) is 0 Å². The Kier molecular flexibility index (Phi) is 4.49. The van der Waals surface area contributed by atoms with Gasteiger partial charge in [-0.25, -0.2) is 4.39 Å². The molecule has 0 saturated carbocycles. The third-order valence-electron chi connectivity index (χ3n) is 4.71. The number of para-hydroxylation sites is 1. The third kappa shape index (κ3) is 2.97. The maximum atomic E-state index is 13.3. The number of halogens is 1. The summed E-state index contributed by atoms with van der Waals surface area (Å²) in [4.78, 5) is 27.1. The molecule has 1 saturated heterocycles. The second-order valence-electron chi connectivity index (χ2n) is 6.42. The summed E-state index contributed by atoms with van der Waals surface area (Å²) in [5, 5.41) is 10.9. The first-order valence-electron chi connectivity index (χ1n) is 8.75. The van der Waals surface area contributed by atoms with Crippen LogP contribution in [0.5, 0.6) is 0 Å². The van der Waals surface area contributed by atoms with E-state index in [-0.39, 0.29) is 16.9 Å². The zero-order valence-corrected chi connectivity index (χ0v) is 14.7. The molecule has 1 fully saturated rings. The topological polar surface area (TPSA) is 57.6 Å². The average Bonchev–Trinajstić information content (AvgIpc) is 3.00. The van der Waals surface area contributed by atoms with Crippen molar-refractivity contribution in [1.29, 1.82) is 0 Å². The number of carbonyl (C=O) groups is 2. The zero-order chi connectivity index (χ0) is 19.7. The van der Waals surface area contributed by atoms with Crippen molar-refractivity contribution in [3.05, 3.63) is 107 Å². The summed E-state index contributed by atoms with van der Waals surface area (Å²) in [7, 11) is 0. The van der Waals surface area contributed by atoms with Crippen LogP contribution in [-0.4, -0.2) is 16.8 Å². The number of nitrogens with zero attached hydrogens (tertiary/aromatic N) is 1. The van der Waals surface area contributed by atoms with Gasteiger partial charge in [-0.1, -0.05) is 48.5 Å². The first-order valence-corrected chi connectivity index (χ1v) is 8.75. The lowest BCUT2D eigenvalue weighted by atomic mass is 9.95. The first-order chi connectivity index (χ1) is 13.6. The Bertz CT molecular complexity index is 1060. The molecule has 1 aliphatic heterocycles. The fraction of sp³-hybridized carbons (Fsp3) is 0.0435. The van der Waals surface area contributed by atoms with Crippen LogP contribution in [-0.2, 0) is 9.59 Å². The van der Waals surface area contributed by atoms with Crippen LogP contribution in [0.3, 0.4) is 0 Å². The molecule has 4 rings (SSSR count). The molecule has 1 unspecified atom stereocenters. The standard InChI is InChI=1S/C23H16FNO3/c24-17-13-11-16(12-14-17)21(26)19-20(15-7-3-1-4-8-15)25(23(28)22(19)27)18-9-5-2-6-10-18/h1-14,20,26H/b21-19+. The Hall–Kier alpha value is -3.73. The van der Waals surface area contributed by atoms with Gasteiger partial charge in [0.25, 0.3) is 11.7 Å². The summed E-state index contributed by atoms with van der Waals surface area (Å²) in [6.07, 6.45) is 0. The number of amides is 1. The number of hydrogen-bond donors (Lipinski definition) is 1. The van der Waals surface area contributed by atoms with Gasteiger partial charge in [-0.2, -0.15) is 0 Å². The molecule has 1 N–H and O–H groups in total. The molecular weight excluding hydrogens is 357 g/mol. The van der Waals surface area contributed by atoms with E-state index >= 15 is 0 Å². The lowest BCUT2D eigenvalue weighted by Crippen LogP contribution is -2.29. The molecule has 3 aromatic rings. The Balaban J connectivity index is 1.94. The second kappa shape index (κ2) is 7.12. The van der Waals surface area contributed by atoms with Gasteiger partial charge >= 0.3 is 0 Å². The van der Waals surface area contributed by atoms with Gasteiger partial charge in [0.05, 0.1) is 11.6 Å². The van der Waals surface area contributed by atoms with Gasteiger partial charge in [-0.3, -0.25) is 14.5 Å². The normalized spacial score (nSPS) is 18.5. The van der Waals surface area contributed by atoms with Crippen molar-refractivity contribution in [1.82, 2.24) is 0 Å². The van der Waals surface area contributed by atoms with Crippen LogP contribution < -0.4 is 4.90 Å². The number of hydrogen-bond acceptors (Lipinski definition) is 3. The molecule has 1 aliphatic rings. The van der Waals surface area contributed by atoms with Crippen molar-refractivity contribution < 1.29 is 19.1 Å². The number of aliphatic hydroxyl groups is 1. The number of ketones is 1. The molecule has 0 bridgehead atoms. The minimum atomic E-state index is -0.784. The molecule has 4 nitrogen and oxygen atoms in total. The number of carbonyl (C=O) groups excluding carboxylic acids is 2. The van der Waals surface area contributed by atoms with Crippen LogP contribution in [0.2, 0.25) is 0 Å². The van der Waals surface area contributed by atoms with Crippen molar-refractivity contribution in [2.75, 3.05) is 4.90 Å². The van der Waals surface area contributed by atoms with Crippen LogP contribution in [0.4, 0.5) is 10.1 Å². The minimum Gasteiger partial charge on any atom is -0.507 e. The van der Waals surface area contributed by atoms with Crippen molar-refractivity contribution in [2.45, 2.75) is 6.04 Å². The van der Waals surface area contributed by atoms with Gasteiger partial charge in [0.15, 0.2) is 0 Å². The Morgan fingerprint density at radius 1 is 0.821 bits per heavy atom. The van der Waals surface area contributed by atoms with Gasteiger partial charge in [0.1, 0.15) is 11.6 Å². The Morgan fingerprint density at radius 3 is 2.00 bits per heavy atom. The molecule has 1 amide bonds. The molecule has 1 heterocycles. The molecule has 1 atom stereocenters. The van der Waals surface area contributed by atoms with Crippen LogP contribution >= 0.6 is 0 Å². The van der Waals surface area contributed by atoms with Crippen LogP contribution in [0, 0.1) is 5.82 Å². The highest BCUT2D eigenvalue weighted by Crippen LogP contribution is 2.41. The summed E-state index contributed by atoms with van der Waals surface area (Å²) >= 11 is 0. The molecule has 3 aromatic carbocycles. The van der Waals surface area contributed by atoms with Crippen LogP contribution in [0.1, 0.15) is 17.2 Å². The molecule has 0 radical (unpaired) electrons. The third-order valence-corrected chi connectivity index (χ3v) is 4.71. The summed E-state index contributed by atoms with van der Waals surface area (Å²) in [6.45, 7) is 0. The van der Waals surface area contributed by atoms with E-state index in [0.29, 0.717) is 11.3 Å². The fourth-order valence-electron chi connectivity index (χ4n) is 3.40. The fourth-order valence-corrected chi connectivity index (χ4v) is 3.40. The van der Waals surface area contributed by atoms with E-state index in [1.54, 1.807) is 48.5 Å². The van der Waals surface area contributed by atoms with Gasteiger partial charge in [-0.05, 0) is 42.0 Å². The molecule has 0 aliphatic carbocycles. The molecule has 5 heteroatoms. The van der Waals surface area contributed by atoms with Gasteiger partial charge in [0, 0.05) is 11.3 Å². The summed E-state index contributed by atoms with van der Waals surface area (Å²) in [6, 6.07) is 22.2. The van der Waals surface area contributed by atoms with E-state index in [4.69, 9.17) is 0 Å². The summed E-state index contributed by atoms with van der Waals surface area (Å²) < 4.78 is 13.3. The number of rotatable bonds is 3. The monoisotopic (exact) mass is 373 g/mol. The molecule has 28 heavy (non-hydrogen) atoms. The highest BCUT2D eigenvalue weighted by atomic mass is 19.1. The van der Waals surface area contributed by atoms with Crippen molar-refractivity contribution >= 4 is 23.1 Å². The van der Waals surface area contributed by atoms with E-state index < -0.39 is 23.5 Å². The lowest BCUT2D eigenvalue weighted by Gasteiger charge is -2.25. The number of aliphatic hydroxyl groups excluding tert-OH is 1. The predicted molar refractivity (Wildman–Crippen MR) is 104 cm³/mol. The second-order valence-corrected chi connectivity index (χ2v) is 6.42. The largest absolute Gasteiger partial charge is 0.507 e. The first kappa shape index (κ1) is 17.7. The number of benzene rings is 3. The molecule has 0 spiro atoms. The SMILES string of the molecule is O=C1C(=O)N(c2ccccc2)C(c2ccccc2)/C1=C(\O)c1ccc(F)cc1. The van der Waals surface area contributed by atoms with Gasteiger partial charge < -0.3 is 5.11 Å². The summed E-state index contributed by atoms with van der Waals surface area (Å²) in [5.74, 6) is -2.28. The van der Waals surface area contributed by atoms with Crippen LogP contribution in [0.25, 0.3) is 5.76 Å². The Morgan fingerprint density at radius 2 is 1.39 bits per heavy atom. The van der Waals surface area contributed by atoms with Crippen molar-refractivity contribution in [3.63, 3.8) is 0 Å².